The maximum atomic E-state index is 6.06. The van der Waals surface area contributed by atoms with Crippen LogP contribution in [0.4, 0.5) is 0 Å². The van der Waals surface area contributed by atoms with Gasteiger partial charge < -0.3 is 5.73 Å². The molecule has 2 nitrogen and oxygen atoms in total. The highest BCUT2D eigenvalue weighted by Gasteiger charge is 2.19. The molecular formula is C14H18N2S. The molecule has 0 aliphatic carbocycles. The number of rotatable bonds is 2. The number of benzene rings is 1. The molecule has 3 heteroatoms. The van der Waals surface area contributed by atoms with Crippen molar-refractivity contribution in [3.63, 3.8) is 0 Å². The lowest BCUT2D eigenvalue weighted by atomic mass is 10.0. The zero-order valence-electron chi connectivity index (χ0n) is 10.7. The summed E-state index contributed by atoms with van der Waals surface area (Å²) in [4.78, 5) is 4.64. The van der Waals surface area contributed by atoms with Crippen molar-refractivity contribution in [2.75, 3.05) is 0 Å². The minimum absolute atomic E-state index is 0.360. The van der Waals surface area contributed by atoms with Gasteiger partial charge >= 0.3 is 0 Å². The highest BCUT2D eigenvalue weighted by molar-refractivity contribution is 7.10. The quantitative estimate of drug-likeness (QED) is 0.879. The van der Waals surface area contributed by atoms with E-state index in [1.807, 2.05) is 13.8 Å². The third-order valence-corrected chi connectivity index (χ3v) is 3.90. The molecule has 0 aliphatic heterocycles. The van der Waals surface area contributed by atoms with Crippen LogP contribution in [-0.2, 0) is 5.54 Å². The molecule has 0 aliphatic rings. The first-order valence-electron chi connectivity index (χ1n) is 5.70. The molecule has 0 radical (unpaired) electrons. The minimum atomic E-state index is -0.360. The van der Waals surface area contributed by atoms with Crippen molar-refractivity contribution in [2.24, 2.45) is 5.73 Å². The first kappa shape index (κ1) is 12.3. The van der Waals surface area contributed by atoms with Crippen LogP contribution in [-0.4, -0.2) is 4.98 Å². The maximum Gasteiger partial charge on any atom is 0.113 e. The van der Waals surface area contributed by atoms with E-state index in [0.29, 0.717) is 0 Å². The Balaban J connectivity index is 2.44. The lowest BCUT2D eigenvalue weighted by Gasteiger charge is -2.14. The first-order valence-corrected chi connectivity index (χ1v) is 6.58. The standard InChI is InChI=1S/C14H18N2S/c1-9-5-6-11(10(2)7-9)12-8-17-13(16-12)14(3,4)15/h5-8H,15H2,1-4H3. The van der Waals surface area contributed by atoms with Crippen molar-refractivity contribution in [3.05, 3.63) is 39.7 Å². The predicted octanol–water partition coefficient (Wildman–Crippen LogP) is 3.62. The molecule has 17 heavy (non-hydrogen) atoms. The molecule has 90 valence electrons. The average molecular weight is 246 g/mol. The summed E-state index contributed by atoms with van der Waals surface area (Å²) >= 11 is 1.63. The Morgan fingerprint density at radius 3 is 2.47 bits per heavy atom. The van der Waals surface area contributed by atoms with Gasteiger partial charge in [0, 0.05) is 10.9 Å². The molecule has 0 bridgehead atoms. The molecule has 1 aromatic carbocycles. The van der Waals surface area contributed by atoms with Gasteiger partial charge in [0.25, 0.3) is 0 Å². The van der Waals surface area contributed by atoms with Gasteiger partial charge in [0.2, 0.25) is 0 Å². The molecule has 0 saturated heterocycles. The molecule has 0 atom stereocenters. The highest BCUT2D eigenvalue weighted by Crippen LogP contribution is 2.29. The van der Waals surface area contributed by atoms with Crippen LogP contribution >= 0.6 is 11.3 Å². The molecule has 0 saturated carbocycles. The van der Waals surface area contributed by atoms with E-state index in [1.165, 1.54) is 16.7 Å². The van der Waals surface area contributed by atoms with Gasteiger partial charge in [0.1, 0.15) is 5.01 Å². The summed E-state index contributed by atoms with van der Waals surface area (Å²) in [6.45, 7) is 8.19. The molecule has 0 amide bonds. The van der Waals surface area contributed by atoms with E-state index in [-0.39, 0.29) is 5.54 Å². The number of hydrogen-bond donors (Lipinski definition) is 1. The van der Waals surface area contributed by atoms with E-state index in [9.17, 15) is 0 Å². The molecule has 2 rings (SSSR count). The number of aryl methyl sites for hydroxylation is 2. The van der Waals surface area contributed by atoms with E-state index < -0.39 is 0 Å². The second kappa shape index (κ2) is 4.24. The topological polar surface area (TPSA) is 38.9 Å². The number of nitrogens with two attached hydrogens (primary N) is 1. The van der Waals surface area contributed by atoms with Crippen molar-refractivity contribution in [1.29, 1.82) is 0 Å². The second-order valence-electron chi connectivity index (χ2n) is 5.08. The molecule has 0 spiro atoms. The smallest absolute Gasteiger partial charge is 0.113 e. The van der Waals surface area contributed by atoms with Gasteiger partial charge in [0.05, 0.1) is 11.2 Å². The molecule has 2 N–H and O–H groups in total. The average Bonchev–Trinajstić information content (AvgIpc) is 2.65. The number of aromatic nitrogens is 1. The fourth-order valence-corrected chi connectivity index (χ4v) is 2.65. The third kappa shape index (κ3) is 2.56. The van der Waals surface area contributed by atoms with Crippen molar-refractivity contribution in [1.82, 2.24) is 4.98 Å². The Bertz CT molecular complexity index is 535. The Labute approximate surface area is 107 Å². The van der Waals surface area contributed by atoms with E-state index in [2.05, 4.69) is 42.4 Å². The van der Waals surface area contributed by atoms with Crippen molar-refractivity contribution >= 4 is 11.3 Å². The Morgan fingerprint density at radius 2 is 1.94 bits per heavy atom. The normalized spacial score (nSPS) is 11.8. The van der Waals surface area contributed by atoms with E-state index in [1.54, 1.807) is 11.3 Å². The van der Waals surface area contributed by atoms with Crippen LogP contribution in [0.2, 0.25) is 0 Å². The fourth-order valence-electron chi connectivity index (χ4n) is 1.79. The van der Waals surface area contributed by atoms with E-state index in [4.69, 9.17) is 5.73 Å². The van der Waals surface area contributed by atoms with Crippen LogP contribution in [0.15, 0.2) is 23.6 Å². The lowest BCUT2D eigenvalue weighted by Crippen LogP contribution is -2.28. The first-order chi connectivity index (χ1) is 7.88. The summed E-state index contributed by atoms with van der Waals surface area (Å²) in [5, 5.41) is 3.06. The molecule has 2 aromatic rings. The summed E-state index contributed by atoms with van der Waals surface area (Å²) in [5.41, 5.74) is 10.5. The number of hydrogen-bond acceptors (Lipinski definition) is 3. The number of nitrogens with zero attached hydrogens (tertiary/aromatic N) is 1. The zero-order valence-corrected chi connectivity index (χ0v) is 11.6. The second-order valence-corrected chi connectivity index (χ2v) is 5.94. The van der Waals surface area contributed by atoms with Crippen LogP contribution in [0.25, 0.3) is 11.3 Å². The summed E-state index contributed by atoms with van der Waals surface area (Å²) in [6.07, 6.45) is 0. The molecular weight excluding hydrogens is 228 g/mol. The molecule has 0 unspecified atom stereocenters. The van der Waals surface area contributed by atoms with Crippen molar-refractivity contribution < 1.29 is 0 Å². The van der Waals surface area contributed by atoms with Crippen LogP contribution in [0.3, 0.4) is 0 Å². The van der Waals surface area contributed by atoms with Gasteiger partial charge in [-0.1, -0.05) is 23.8 Å². The summed E-state index contributed by atoms with van der Waals surface area (Å²) in [5.74, 6) is 0. The largest absolute Gasteiger partial charge is 0.320 e. The zero-order chi connectivity index (χ0) is 12.6. The lowest BCUT2D eigenvalue weighted by molar-refractivity contribution is 0.551. The Morgan fingerprint density at radius 1 is 1.24 bits per heavy atom. The van der Waals surface area contributed by atoms with Crippen LogP contribution < -0.4 is 5.73 Å². The van der Waals surface area contributed by atoms with Crippen molar-refractivity contribution in [2.45, 2.75) is 33.2 Å². The Hall–Kier alpha value is -1.19. The van der Waals surface area contributed by atoms with Crippen molar-refractivity contribution in [3.8, 4) is 11.3 Å². The molecule has 0 fully saturated rings. The monoisotopic (exact) mass is 246 g/mol. The van der Waals surface area contributed by atoms with Crippen LogP contribution in [0.5, 0.6) is 0 Å². The summed E-state index contributed by atoms with van der Waals surface area (Å²) in [7, 11) is 0. The Kier molecular flexibility index (Phi) is 3.06. The number of thiazole rings is 1. The summed E-state index contributed by atoms with van der Waals surface area (Å²) in [6, 6.07) is 6.43. The van der Waals surface area contributed by atoms with Gasteiger partial charge in [-0.05, 0) is 33.3 Å². The van der Waals surface area contributed by atoms with Crippen LogP contribution in [0.1, 0.15) is 30.0 Å². The fraction of sp³-hybridized carbons (Fsp3) is 0.357. The van der Waals surface area contributed by atoms with E-state index >= 15 is 0 Å². The van der Waals surface area contributed by atoms with Gasteiger partial charge in [-0.3, -0.25) is 0 Å². The van der Waals surface area contributed by atoms with Gasteiger partial charge in [-0.25, -0.2) is 4.98 Å². The SMILES string of the molecule is Cc1ccc(-c2csc(C(C)(C)N)n2)c(C)c1. The molecule has 1 aromatic heterocycles. The molecule has 1 heterocycles. The summed E-state index contributed by atoms with van der Waals surface area (Å²) < 4.78 is 0. The van der Waals surface area contributed by atoms with Crippen LogP contribution in [0, 0.1) is 13.8 Å². The predicted molar refractivity (Wildman–Crippen MR) is 74.2 cm³/mol. The van der Waals surface area contributed by atoms with Gasteiger partial charge in [0.15, 0.2) is 0 Å². The van der Waals surface area contributed by atoms with E-state index in [0.717, 1.165) is 10.7 Å². The minimum Gasteiger partial charge on any atom is -0.320 e. The van der Waals surface area contributed by atoms with Gasteiger partial charge in [-0.15, -0.1) is 11.3 Å². The highest BCUT2D eigenvalue weighted by atomic mass is 32.1. The van der Waals surface area contributed by atoms with Gasteiger partial charge in [-0.2, -0.15) is 0 Å². The third-order valence-electron chi connectivity index (χ3n) is 2.71. The maximum absolute atomic E-state index is 6.06.